The molecule has 0 radical (unpaired) electrons. The van der Waals surface area contributed by atoms with Crippen molar-refractivity contribution in [2.75, 3.05) is 11.9 Å². The van der Waals surface area contributed by atoms with Crippen molar-refractivity contribution in [3.63, 3.8) is 0 Å². The van der Waals surface area contributed by atoms with Crippen molar-refractivity contribution >= 4 is 33.6 Å². The Morgan fingerprint density at radius 1 is 1.47 bits per heavy atom. The minimum Gasteiger partial charge on any atom is -0.479 e. The molecule has 19 heavy (non-hydrogen) atoms. The molecule has 1 aromatic rings. The Hall–Kier alpha value is -1.67. The normalized spacial score (nSPS) is 13.5. The fraction of sp³-hybridized carbons (Fsp3) is 0.273. The Bertz CT molecular complexity index is 507. The van der Waals surface area contributed by atoms with E-state index in [4.69, 9.17) is 5.11 Å². The number of hydrogen-bond donors (Lipinski definition) is 4. The molecule has 0 aromatic heterocycles. The summed E-state index contributed by atoms with van der Waals surface area (Å²) in [6, 6.07) is 2.97. The van der Waals surface area contributed by atoms with E-state index in [-0.39, 0.29) is 5.69 Å². The van der Waals surface area contributed by atoms with Gasteiger partial charge in [0.1, 0.15) is 5.82 Å². The van der Waals surface area contributed by atoms with Crippen LogP contribution in [0.5, 0.6) is 0 Å². The largest absolute Gasteiger partial charge is 0.479 e. The van der Waals surface area contributed by atoms with Gasteiger partial charge in [0.15, 0.2) is 5.60 Å². The van der Waals surface area contributed by atoms with Crippen LogP contribution < -0.4 is 10.6 Å². The Labute approximate surface area is 116 Å². The highest BCUT2D eigenvalue weighted by atomic mass is 79.9. The number of aliphatic hydroxyl groups is 1. The van der Waals surface area contributed by atoms with Crippen LogP contribution in [0.1, 0.15) is 6.92 Å². The van der Waals surface area contributed by atoms with Gasteiger partial charge in [-0.1, -0.05) is 0 Å². The molecule has 6 nitrogen and oxygen atoms in total. The van der Waals surface area contributed by atoms with E-state index < -0.39 is 30.0 Å². The summed E-state index contributed by atoms with van der Waals surface area (Å²) in [5, 5.41) is 22.5. The van der Waals surface area contributed by atoms with Crippen LogP contribution >= 0.6 is 15.9 Å². The van der Waals surface area contributed by atoms with E-state index in [0.717, 1.165) is 13.0 Å². The van der Waals surface area contributed by atoms with E-state index in [1.54, 1.807) is 0 Å². The number of urea groups is 1. The lowest BCUT2D eigenvalue weighted by atomic mass is 10.1. The zero-order chi connectivity index (χ0) is 14.6. The van der Waals surface area contributed by atoms with E-state index in [1.165, 1.54) is 12.1 Å². The summed E-state index contributed by atoms with van der Waals surface area (Å²) in [5.41, 5.74) is -1.89. The molecule has 1 aromatic carbocycles. The standard InChI is InChI=1S/C11H12BrFN2O4/c1-11(19,9(16)17)5-14-10(18)15-8-4-6(13)2-3-7(8)12/h2-4,19H,5H2,1H3,(H,16,17)(H2,14,15,18). The predicted molar refractivity (Wildman–Crippen MR) is 69.4 cm³/mol. The van der Waals surface area contributed by atoms with Crippen LogP contribution in [0.15, 0.2) is 22.7 Å². The van der Waals surface area contributed by atoms with Gasteiger partial charge >= 0.3 is 12.0 Å². The number of benzene rings is 1. The molecular formula is C11H12BrFN2O4. The number of amides is 2. The molecule has 8 heteroatoms. The van der Waals surface area contributed by atoms with Gasteiger partial charge in [-0.15, -0.1) is 0 Å². The van der Waals surface area contributed by atoms with Gasteiger partial charge in [-0.2, -0.15) is 0 Å². The van der Waals surface area contributed by atoms with Crippen molar-refractivity contribution in [2.24, 2.45) is 0 Å². The number of rotatable bonds is 4. The lowest BCUT2D eigenvalue weighted by Crippen LogP contribution is -2.47. The molecule has 0 aliphatic carbocycles. The Kier molecular flexibility index (Phi) is 4.84. The van der Waals surface area contributed by atoms with Gasteiger partial charge in [0.2, 0.25) is 0 Å². The van der Waals surface area contributed by atoms with E-state index in [0.29, 0.717) is 4.47 Å². The lowest BCUT2D eigenvalue weighted by molar-refractivity contribution is -0.155. The molecule has 1 rings (SSSR count). The van der Waals surface area contributed by atoms with Crippen molar-refractivity contribution in [1.82, 2.24) is 5.32 Å². The SMILES string of the molecule is CC(O)(CNC(=O)Nc1cc(F)ccc1Br)C(=O)O. The first-order valence-electron chi connectivity index (χ1n) is 5.18. The van der Waals surface area contributed by atoms with E-state index in [9.17, 15) is 19.1 Å². The Balaban J connectivity index is 2.61. The maximum absolute atomic E-state index is 13.0. The number of halogens is 2. The van der Waals surface area contributed by atoms with Crippen molar-refractivity contribution in [3.8, 4) is 0 Å². The van der Waals surface area contributed by atoms with Gasteiger partial charge < -0.3 is 20.8 Å². The third kappa shape index (κ3) is 4.49. The number of nitrogens with one attached hydrogen (secondary N) is 2. The molecule has 1 atom stereocenters. The number of carbonyl (C=O) groups excluding carboxylic acids is 1. The third-order valence-electron chi connectivity index (χ3n) is 2.23. The molecule has 0 aliphatic heterocycles. The smallest absolute Gasteiger partial charge is 0.337 e. The molecule has 0 saturated heterocycles. The molecule has 0 saturated carbocycles. The third-order valence-corrected chi connectivity index (χ3v) is 2.92. The van der Waals surface area contributed by atoms with Gasteiger partial charge in [-0.05, 0) is 41.1 Å². The Morgan fingerprint density at radius 2 is 2.11 bits per heavy atom. The first kappa shape index (κ1) is 15.4. The van der Waals surface area contributed by atoms with Crippen LogP contribution in [-0.2, 0) is 4.79 Å². The molecule has 104 valence electrons. The average molecular weight is 335 g/mol. The highest BCUT2D eigenvalue weighted by molar-refractivity contribution is 9.10. The van der Waals surface area contributed by atoms with Crippen LogP contribution in [-0.4, -0.2) is 34.4 Å². The first-order valence-corrected chi connectivity index (χ1v) is 5.97. The molecular weight excluding hydrogens is 323 g/mol. The monoisotopic (exact) mass is 334 g/mol. The van der Waals surface area contributed by atoms with Crippen LogP contribution in [0.2, 0.25) is 0 Å². The molecule has 0 spiro atoms. The molecule has 0 aliphatic rings. The van der Waals surface area contributed by atoms with Gasteiger partial charge in [-0.25, -0.2) is 14.0 Å². The summed E-state index contributed by atoms with van der Waals surface area (Å²) in [6.45, 7) is 0.564. The second kappa shape index (κ2) is 5.98. The van der Waals surface area contributed by atoms with E-state index in [1.807, 2.05) is 0 Å². The van der Waals surface area contributed by atoms with E-state index in [2.05, 4.69) is 26.6 Å². The number of aliphatic carboxylic acids is 1. The molecule has 4 N–H and O–H groups in total. The fourth-order valence-corrected chi connectivity index (χ4v) is 1.43. The number of anilines is 1. The second-order valence-electron chi connectivity index (χ2n) is 4.01. The average Bonchev–Trinajstić information content (AvgIpc) is 2.31. The quantitative estimate of drug-likeness (QED) is 0.671. The summed E-state index contributed by atoms with van der Waals surface area (Å²) in [5.74, 6) is -1.99. The van der Waals surface area contributed by atoms with Gasteiger partial charge in [-0.3, -0.25) is 0 Å². The summed E-state index contributed by atoms with van der Waals surface area (Å²) in [4.78, 5) is 22.1. The first-order chi connectivity index (χ1) is 8.72. The van der Waals surface area contributed by atoms with Crippen molar-refractivity contribution < 1.29 is 24.2 Å². The van der Waals surface area contributed by atoms with Crippen molar-refractivity contribution in [1.29, 1.82) is 0 Å². The zero-order valence-corrected chi connectivity index (χ0v) is 11.5. The molecule has 0 bridgehead atoms. The summed E-state index contributed by atoms with van der Waals surface area (Å²) in [6.07, 6.45) is 0. The number of carboxylic acid groups (broad SMARTS) is 1. The van der Waals surface area contributed by atoms with E-state index >= 15 is 0 Å². The molecule has 2 amide bonds. The highest BCUT2D eigenvalue weighted by Gasteiger charge is 2.30. The molecule has 0 heterocycles. The minimum absolute atomic E-state index is 0.187. The van der Waals surface area contributed by atoms with Crippen molar-refractivity contribution in [3.05, 3.63) is 28.5 Å². The molecule has 0 fully saturated rings. The summed E-state index contributed by atoms with van der Waals surface area (Å²) < 4.78 is 13.4. The van der Waals surface area contributed by atoms with Crippen LogP contribution in [0, 0.1) is 5.82 Å². The minimum atomic E-state index is -2.07. The number of carbonyl (C=O) groups is 2. The summed E-state index contributed by atoms with van der Waals surface area (Å²) >= 11 is 3.12. The topological polar surface area (TPSA) is 98.7 Å². The zero-order valence-electron chi connectivity index (χ0n) is 9.91. The highest BCUT2D eigenvalue weighted by Crippen LogP contribution is 2.22. The van der Waals surface area contributed by atoms with Gasteiger partial charge in [0.25, 0.3) is 0 Å². The van der Waals surface area contributed by atoms with Gasteiger partial charge in [0.05, 0.1) is 12.2 Å². The van der Waals surface area contributed by atoms with Crippen LogP contribution in [0.3, 0.4) is 0 Å². The number of carboxylic acids is 1. The van der Waals surface area contributed by atoms with Gasteiger partial charge in [0, 0.05) is 4.47 Å². The lowest BCUT2D eigenvalue weighted by Gasteiger charge is -2.18. The Morgan fingerprint density at radius 3 is 2.68 bits per heavy atom. The predicted octanol–water partition coefficient (Wildman–Crippen LogP) is 1.55. The van der Waals surface area contributed by atoms with Crippen LogP contribution in [0.4, 0.5) is 14.9 Å². The van der Waals surface area contributed by atoms with Crippen molar-refractivity contribution in [2.45, 2.75) is 12.5 Å². The maximum Gasteiger partial charge on any atom is 0.337 e. The van der Waals surface area contributed by atoms with Crippen LogP contribution in [0.25, 0.3) is 0 Å². The second-order valence-corrected chi connectivity index (χ2v) is 4.87. The maximum atomic E-state index is 13.0. The molecule has 1 unspecified atom stereocenters. The number of hydrogen-bond acceptors (Lipinski definition) is 3. The fourth-order valence-electron chi connectivity index (χ4n) is 1.09. The summed E-state index contributed by atoms with van der Waals surface area (Å²) in [7, 11) is 0.